The molecule has 1 saturated carbocycles. The molecule has 1 aliphatic carbocycles. The van der Waals surface area contributed by atoms with Crippen molar-refractivity contribution in [3.8, 4) is 0 Å². The third-order valence-electron chi connectivity index (χ3n) is 4.07. The average molecular weight is 357 g/mol. The maximum absolute atomic E-state index is 6.19. The molecule has 0 unspecified atom stereocenters. The summed E-state index contributed by atoms with van der Waals surface area (Å²) in [5.74, 6) is 8.13. The number of hydrogen-bond donors (Lipinski definition) is 1. The predicted molar refractivity (Wildman–Crippen MR) is 92.0 cm³/mol. The predicted octanol–water partition coefficient (Wildman–Crippen LogP) is 4.64. The first-order valence-corrected chi connectivity index (χ1v) is 9.17. The van der Waals surface area contributed by atoms with Crippen LogP contribution in [0.4, 0.5) is 0 Å². The molecule has 4 nitrogen and oxygen atoms in total. The van der Waals surface area contributed by atoms with E-state index in [0.717, 1.165) is 24.2 Å². The molecule has 22 heavy (non-hydrogen) atoms. The molecule has 1 heterocycles. The van der Waals surface area contributed by atoms with Gasteiger partial charge in [0.05, 0.1) is 0 Å². The van der Waals surface area contributed by atoms with E-state index in [9.17, 15) is 0 Å². The fourth-order valence-electron chi connectivity index (χ4n) is 2.83. The number of rotatable bonds is 4. The molecule has 1 aromatic heterocycles. The zero-order valence-electron chi connectivity index (χ0n) is 12.1. The lowest BCUT2D eigenvalue weighted by Crippen LogP contribution is -2.18. The van der Waals surface area contributed by atoms with Gasteiger partial charge in [-0.2, -0.15) is 0 Å². The smallest absolute Gasteiger partial charge is 0.210 e. The van der Waals surface area contributed by atoms with Gasteiger partial charge in [0.1, 0.15) is 0 Å². The van der Waals surface area contributed by atoms with Crippen LogP contribution >= 0.6 is 35.0 Å². The van der Waals surface area contributed by atoms with Crippen molar-refractivity contribution in [2.24, 2.45) is 0 Å². The van der Waals surface area contributed by atoms with Gasteiger partial charge in [-0.1, -0.05) is 60.3 Å². The van der Waals surface area contributed by atoms with Crippen molar-refractivity contribution in [2.45, 2.75) is 48.9 Å². The van der Waals surface area contributed by atoms with Crippen molar-refractivity contribution >= 4 is 35.0 Å². The molecule has 0 saturated heterocycles. The third-order valence-corrected chi connectivity index (χ3v) is 5.75. The second kappa shape index (κ2) is 7.11. The van der Waals surface area contributed by atoms with E-state index < -0.39 is 0 Å². The Balaban J connectivity index is 1.72. The molecule has 0 atom stereocenters. The molecule has 1 fully saturated rings. The van der Waals surface area contributed by atoms with Gasteiger partial charge in [0.2, 0.25) is 5.16 Å². The first kappa shape index (κ1) is 16.0. The summed E-state index contributed by atoms with van der Waals surface area (Å²) in [6, 6.07) is 5.51. The van der Waals surface area contributed by atoms with E-state index in [1.54, 1.807) is 4.68 Å². The topological polar surface area (TPSA) is 56.7 Å². The van der Waals surface area contributed by atoms with Gasteiger partial charge in [-0.05, 0) is 30.5 Å². The Morgan fingerprint density at radius 1 is 1.14 bits per heavy atom. The van der Waals surface area contributed by atoms with Crippen LogP contribution in [0.5, 0.6) is 0 Å². The highest BCUT2D eigenvalue weighted by Gasteiger charge is 2.22. The quantitative estimate of drug-likeness (QED) is 0.640. The van der Waals surface area contributed by atoms with E-state index in [0.29, 0.717) is 26.9 Å². The minimum Gasteiger partial charge on any atom is -0.336 e. The van der Waals surface area contributed by atoms with E-state index in [-0.39, 0.29) is 0 Å². The van der Waals surface area contributed by atoms with Gasteiger partial charge in [0, 0.05) is 21.7 Å². The first-order chi connectivity index (χ1) is 10.7. The van der Waals surface area contributed by atoms with Crippen LogP contribution in [0.2, 0.25) is 10.0 Å². The maximum atomic E-state index is 6.19. The van der Waals surface area contributed by atoms with Crippen LogP contribution in [0.1, 0.15) is 49.4 Å². The maximum Gasteiger partial charge on any atom is 0.210 e. The number of hydrogen-bond acceptors (Lipinski definition) is 4. The van der Waals surface area contributed by atoms with Gasteiger partial charge in [0.15, 0.2) is 5.82 Å². The van der Waals surface area contributed by atoms with Crippen LogP contribution in [0, 0.1) is 0 Å². The Morgan fingerprint density at radius 3 is 2.50 bits per heavy atom. The first-order valence-electron chi connectivity index (χ1n) is 7.43. The van der Waals surface area contributed by atoms with Gasteiger partial charge in [-0.3, -0.25) is 0 Å². The Labute approximate surface area is 144 Å². The molecule has 0 amide bonds. The van der Waals surface area contributed by atoms with Crippen LogP contribution < -0.4 is 5.84 Å². The molecule has 3 rings (SSSR count). The summed E-state index contributed by atoms with van der Waals surface area (Å²) in [4.78, 5) is 0. The van der Waals surface area contributed by atoms with E-state index in [1.165, 1.54) is 31.0 Å². The molecule has 1 aliphatic rings. The number of halogens is 2. The Hall–Kier alpha value is -0.910. The molecular weight excluding hydrogens is 339 g/mol. The fraction of sp³-hybridized carbons (Fsp3) is 0.467. The summed E-state index contributed by atoms with van der Waals surface area (Å²) in [5.41, 5.74) is 0.901. The summed E-state index contributed by atoms with van der Waals surface area (Å²) < 4.78 is 1.63. The molecule has 2 aromatic rings. The van der Waals surface area contributed by atoms with Crippen LogP contribution in [0.25, 0.3) is 0 Å². The summed E-state index contributed by atoms with van der Waals surface area (Å²) in [5, 5.41) is 10.6. The summed E-state index contributed by atoms with van der Waals surface area (Å²) >= 11 is 13.9. The Kier molecular flexibility index (Phi) is 5.16. The SMILES string of the molecule is Nn1c(SCc2c(Cl)cccc2Cl)nnc1C1CCCCC1. The van der Waals surface area contributed by atoms with Gasteiger partial charge in [0.25, 0.3) is 0 Å². The van der Waals surface area contributed by atoms with E-state index in [4.69, 9.17) is 29.0 Å². The third kappa shape index (κ3) is 3.36. The van der Waals surface area contributed by atoms with Crippen molar-refractivity contribution < 1.29 is 0 Å². The van der Waals surface area contributed by atoms with Crippen LogP contribution in [0.15, 0.2) is 23.4 Å². The van der Waals surface area contributed by atoms with Crippen LogP contribution in [-0.2, 0) is 5.75 Å². The lowest BCUT2D eigenvalue weighted by atomic mass is 9.89. The largest absolute Gasteiger partial charge is 0.336 e. The van der Waals surface area contributed by atoms with Gasteiger partial charge in [-0.25, -0.2) is 4.68 Å². The monoisotopic (exact) mass is 356 g/mol. The van der Waals surface area contributed by atoms with E-state index in [2.05, 4.69) is 10.2 Å². The standard InChI is InChI=1S/C15H18Cl2N4S/c16-12-7-4-8-13(17)11(12)9-22-15-20-19-14(21(15)18)10-5-2-1-3-6-10/h4,7-8,10H,1-3,5-6,9,18H2. The van der Waals surface area contributed by atoms with Gasteiger partial charge < -0.3 is 5.84 Å². The van der Waals surface area contributed by atoms with Crippen molar-refractivity contribution in [2.75, 3.05) is 5.84 Å². The van der Waals surface area contributed by atoms with Crippen molar-refractivity contribution in [1.82, 2.24) is 14.9 Å². The zero-order valence-corrected chi connectivity index (χ0v) is 14.5. The Bertz CT molecular complexity index is 633. The molecule has 0 radical (unpaired) electrons. The van der Waals surface area contributed by atoms with Crippen molar-refractivity contribution in [3.05, 3.63) is 39.6 Å². The minimum absolute atomic E-state index is 0.435. The second-order valence-electron chi connectivity index (χ2n) is 5.53. The molecule has 7 heteroatoms. The molecule has 118 valence electrons. The second-order valence-corrected chi connectivity index (χ2v) is 7.29. The van der Waals surface area contributed by atoms with Gasteiger partial charge >= 0.3 is 0 Å². The lowest BCUT2D eigenvalue weighted by Gasteiger charge is -2.20. The number of thioether (sulfide) groups is 1. The van der Waals surface area contributed by atoms with E-state index >= 15 is 0 Å². The highest BCUT2D eigenvalue weighted by molar-refractivity contribution is 7.98. The molecule has 0 spiro atoms. The average Bonchev–Trinajstić information content (AvgIpc) is 2.89. The lowest BCUT2D eigenvalue weighted by molar-refractivity contribution is 0.421. The molecule has 0 aliphatic heterocycles. The minimum atomic E-state index is 0.435. The number of nitrogens with two attached hydrogens (primary N) is 1. The summed E-state index contributed by atoms with van der Waals surface area (Å²) in [6.07, 6.45) is 6.10. The number of nitrogen functional groups attached to an aromatic ring is 1. The Morgan fingerprint density at radius 2 is 1.82 bits per heavy atom. The highest BCUT2D eigenvalue weighted by atomic mass is 35.5. The normalized spacial score (nSPS) is 16.1. The van der Waals surface area contributed by atoms with Crippen molar-refractivity contribution in [3.63, 3.8) is 0 Å². The van der Waals surface area contributed by atoms with Crippen molar-refractivity contribution in [1.29, 1.82) is 0 Å². The zero-order chi connectivity index (χ0) is 15.5. The molecule has 1 aromatic carbocycles. The van der Waals surface area contributed by atoms with Crippen LogP contribution in [-0.4, -0.2) is 14.9 Å². The fourth-order valence-corrected chi connectivity index (χ4v) is 4.44. The summed E-state index contributed by atoms with van der Waals surface area (Å²) in [6.45, 7) is 0. The number of aromatic nitrogens is 3. The van der Waals surface area contributed by atoms with Crippen LogP contribution in [0.3, 0.4) is 0 Å². The van der Waals surface area contributed by atoms with Gasteiger partial charge in [-0.15, -0.1) is 10.2 Å². The molecule has 0 bridgehead atoms. The van der Waals surface area contributed by atoms with E-state index in [1.807, 2.05) is 18.2 Å². The molecule has 2 N–H and O–H groups in total. The summed E-state index contributed by atoms with van der Waals surface area (Å²) in [7, 11) is 0. The highest BCUT2D eigenvalue weighted by Crippen LogP contribution is 2.34. The molecular formula is C15H18Cl2N4S. The number of benzene rings is 1. The number of nitrogens with zero attached hydrogens (tertiary/aromatic N) is 3.